The fraction of sp³-hybridized carbons (Fsp3) is 0.600. The van der Waals surface area contributed by atoms with Crippen molar-refractivity contribution >= 4 is 47.2 Å². The number of rotatable bonds is 5. The highest BCUT2D eigenvalue weighted by Gasteiger charge is 2.31. The van der Waals surface area contributed by atoms with Crippen molar-refractivity contribution in [3.8, 4) is 0 Å². The molecule has 0 radical (unpaired) electrons. The number of likely N-dealkylation sites (tertiary alicyclic amines) is 1. The second-order valence-electron chi connectivity index (χ2n) is 5.57. The molecule has 130 valence electrons. The summed E-state index contributed by atoms with van der Waals surface area (Å²) < 4.78 is 0.687. The summed E-state index contributed by atoms with van der Waals surface area (Å²) >= 11 is 7.37. The van der Waals surface area contributed by atoms with E-state index in [0.29, 0.717) is 30.5 Å². The minimum absolute atomic E-state index is 0. The van der Waals surface area contributed by atoms with Gasteiger partial charge >= 0.3 is 0 Å². The molecular weight excluding hydrogens is 357 g/mol. The molecule has 3 N–H and O–H groups in total. The van der Waals surface area contributed by atoms with Gasteiger partial charge in [-0.1, -0.05) is 11.6 Å². The SMILES string of the molecule is CC(C(=O)N1CCCC(C(=O)NCCN)C1)c1ccc(Cl)s1.Cl. The van der Waals surface area contributed by atoms with Gasteiger partial charge in [-0.3, -0.25) is 9.59 Å². The first-order chi connectivity index (χ1) is 10.5. The van der Waals surface area contributed by atoms with Gasteiger partial charge in [-0.2, -0.15) is 0 Å². The fourth-order valence-electron chi connectivity index (χ4n) is 2.69. The highest BCUT2D eigenvalue weighted by molar-refractivity contribution is 7.16. The Hall–Kier alpha value is -0.820. The third-order valence-corrected chi connectivity index (χ3v) is 5.35. The molecule has 2 rings (SSSR count). The third kappa shape index (κ3) is 5.35. The van der Waals surface area contributed by atoms with Gasteiger partial charge in [0.1, 0.15) is 0 Å². The van der Waals surface area contributed by atoms with E-state index >= 15 is 0 Å². The van der Waals surface area contributed by atoms with Gasteiger partial charge in [0, 0.05) is 31.1 Å². The zero-order valence-corrected chi connectivity index (χ0v) is 15.5. The van der Waals surface area contributed by atoms with Crippen molar-refractivity contribution in [1.29, 1.82) is 0 Å². The van der Waals surface area contributed by atoms with Crippen molar-refractivity contribution in [2.45, 2.75) is 25.7 Å². The molecule has 1 saturated heterocycles. The third-order valence-electron chi connectivity index (χ3n) is 3.94. The first-order valence-electron chi connectivity index (χ1n) is 7.54. The van der Waals surface area contributed by atoms with Crippen LogP contribution in [0.3, 0.4) is 0 Å². The van der Waals surface area contributed by atoms with E-state index in [1.807, 2.05) is 19.1 Å². The number of hydrogen-bond acceptors (Lipinski definition) is 4. The summed E-state index contributed by atoms with van der Waals surface area (Å²) in [6, 6.07) is 3.70. The molecule has 1 aromatic rings. The lowest BCUT2D eigenvalue weighted by Gasteiger charge is -2.33. The maximum absolute atomic E-state index is 12.6. The summed E-state index contributed by atoms with van der Waals surface area (Å²) in [5.41, 5.74) is 5.40. The molecule has 2 unspecified atom stereocenters. The molecule has 0 aromatic carbocycles. The Bertz CT molecular complexity index is 539. The average molecular weight is 380 g/mol. The van der Waals surface area contributed by atoms with E-state index in [2.05, 4.69) is 5.32 Å². The Balaban J connectivity index is 0.00000264. The van der Waals surface area contributed by atoms with Gasteiger partial charge in [-0.25, -0.2) is 0 Å². The van der Waals surface area contributed by atoms with Crippen LogP contribution >= 0.6 is 35.3 Å². The molecule has 23 heavy (non-hydrogen) atoms. The lowest BCUT2D eigenvalue weighted by molar-refractivity contribution is -0.136. The van der Waals surface area contributed by atoms with Gasteiger partial charge in [-0.15, -0.1) is 23.7 Å². The van der Waals surface area contributed by atoms with Gasteiger partial charge in [0.05, 0.1) is 16.2 Å². The summed E-state index contributed by atoms with van der Waals surface area (Å²) in [6.45, 7) is 3.99. The van der Waals surface area contributed by atoms with Crippen LogP contribution in [0, 0.1) is 5.92 Å². The Morgan fingerprint density at radius 2 is 2.26 bits per heavy atom. The van der Waals surface area contributed by atoms with Crippen LogP contribution < -0.4 is 11.1 Å². The molecule has 0 spiro atoms. The summed E-state index contributed by atoms with van der Waals surface area (Å²) in [6.07, 6.45) is 1.67. The molecule has 2 heterocycles. The topological polar surface area (TPSA) is 75.4 Å². The van der Waals surface area contributed by atoms with E-state index in [-0.39, 0.29) is 36.1 Å². The number of carbonyl (C=O) groups excluding carboxylic acids is 2. The van der Waals surface area contributed by atoms with Crippen molar-refractivity contribution in [1.82, 2.24) is 10.2 Å². The summed E-state index contributed by atoms with van der Waals surface area (Å²) in [5, 5.41) is 2.81. The summed E-state index contributed by atoms with van der Waals surface area (Å²) in [4.78, 5) is 27.4. The van der Waals surface area contributed by atoms with Gasteiger partial charge in [-0.05, 0) is 31.9 Å². The molecule has 5 nitrogen and oxygen atoms in total. The molecule has 0 saturated carbocycles. The van der Waals surface area contributed by atoms with Crippen LogP contribution in [-0.2, 0) is 9.59 Å². The number of nitrogens with one attached hydrogen (secondary N) is 1. The maximum Gasteiger partial charge on any atom is 0.230 e. The first-order valence-corrected chi connectivity index (χ1v) is 8.74. The Morgan fingerprint density at radius 3 is 2.87 bits per heavy atom. The van der Waals surface area contributed by atoms with Crippen molar-refractivity contribution in [3.63, 3.8) is 0 Å². The quantitative estimate of drug-likeness (QED) is 0.823. The standard InChI is InChI=1S/C15H22ClN3O2S.ClH/c1-10(12-4-5-13(16)22-12)15(21)19-8-2-3-11(9-19)14(20)18-7-6-17;/h4-5,10-11H,2-3,6-9,17H2,1H3,(H,18,20);1H. The van der Waals surface area contributed by atoms with Crippen molar-refractivity contribution < 1.29 is 9.59 Å². The van der Waals surface area contributed by atoms with E-state index in [4.69, 9.17) is 17.3 Å². The summed E-state index contributed by atoms with van der Waals surface area (Å²) in [7, 11) is 0. The normalized spacial score (nSPS) is 18.9. The lowest BCUT2D eigenvalue weighted by atomic mass is 9.95. The molecule has 0 bridgehead atoms. The smallest absolute Gasteiger partial charge is 0.230 e. The van der Waals surface area contributed by atoms with Gasteiger partial charge in [0.2, 0.25) is 11.8 Å². The number of nitrogens with zero attached hydrogens (tertiary/aromatic N) is 1. The summed E-state index contributed by atoms with van der Waals surface area (Å²) in [5.74, 6) is -0.295. The number of hydrogen-bond donors (Lipinski definition) is 2. The van der Waals surface area contributed by atoms with Gasteiger partial charge in [0.25, 0.3) is 0 Å². The number of nitrogens with two attached hydrogens (primary N) is 1. The molecule has 1 aliphatic heterocycles. The van der Waals surface area contributed by atoms with Crippen LogP contribution in [0.1, 0.15) is 30.6 Å². The highest BCUT2D eigenvalue weighted by Crippen LogP contribution is 2.30. The van der Waals surface area contributed by atoms with Gasteiger partial charge in [0.15, 0.2) is 0 Å². The van der Waals surface area contributed by atoms with Crippen LogP contribution in [-0.4, -0.2) is 42.9 Å². The van der Waals surface area contributed by atoms with Crippen molar-refractivity contribution in [2.24, 2.45) is 11.7 Å². The highest BCUT2D eigenvalue weighted by atomic mass is 35.5. The van der Waals surface area contributed by atoms with E-state index in [1.165, 1.54) is 11.3 Å². The Kier molecular flexibility index (Phi) is 8.33. The van der Waals surface area contributed by atoms with Gasteiger partial charge < -0.3 is 16.0 Å². The van der Waals surface area contributed by atoms with Crippen LogP contribution in [0.25, 0.3) is 0 Å². The predicted molar refractivity (Wildman–Crippen MR) is 96.4 cm³/mol. The van der Waals surface area contributed by atoms with E-state index in [0.717, 1.165) is 17.7 Å². The molecule has 1 aliphatic rings. The van der Waals surface area contributed by atoms with Crippen molar-refractivity contribution in [3.05, 3.63) is 21.3 Å². The van der Waals surface area contributed by atoms with E-state index < -0.39 is 0 Å². The predicted octanol–water partition coefficient (Wildman–Crippen LogP) is 2.24. The number of halogens is 2. The first kappa shape index (κ1) is 20.2. The number of amides is 2. The Labute approximate surface area is 152 Å². The minimum Gasteiger partial charge on any atom is -0.355 e. The molecule has 0 aliphatic carbocycles. The molecular formula is C15H23Cl2N3O2S. The minimum atomic E-state index is -0.219. The van der Waals surface area contributed by atoms with Crippen LogP contribution in [0.2, 0.25) is 4.34 Å². The van der Waals surface area contributed by atoms with Crippen LogP contribution in [0.5, 0.6) is 0 Å². The Morgan fingerprint density at radius 1 is 1.52 bits per heavy atom. The van der Waals surface area contributed by atoms with E-state index in [9.17, 15) is 9.59 Å². The fourth-order valence-corrected chi connectivity index (χ4v) is 3.79. The van der Waals surface area contributed by atoms with E-state index in [1.54, 1.807) is 4.90 Å². The maximum atomic E-state index is 12.6. The largest absolute Gasteiger partial charge is 0.355 e. The second-order valence-corrected chi connectivity index (χ2v) is 7.31. The molecule has 1 fully saturated rings. The average Bonchev–Trinajstić information content (AvgIpc) is 2.97. The number of thiophene rings is 1. The van der Waals surface area contributed by atoms with Crippen LogP contribution in [0.15, 0.2) is 12.1 Å². The van der Waals surface area contributed by atoms with Crippen LogP contribution in [0.4, 0.5) is 0 Å². The molecule has 2 atom stereocenters. The number of carbonyl (C=O) groups is 2. The molecule has 1 aromatic heterocycles. The molecule has 8 heteroatoms. The second kappa shape index (κ2) is 9.47. The monoisotopic (exact) mass is 379 g/mol. The lowest BCUT2D eigenvalue weighted by Crippen LogP contribution is -2.47. The zero-order chi connectivity index (χ0) is 16.1. The molecule has 2 amide bonds. The van der Waals surface area contributed by atoms with Crippen molar-refractivity contribution in [2.75, 3.05) is 26.2 Å². The zero-order valence-electron chi connectivity index (χ0n) is 13.1. The number of piperidine rings is 1.